The van der Waals surface area contributed by atoms with Crippen LogP contribution in [0.25, 0.3) is 33.6 Å². The van der Waals surface area contributed by atoms with Crippen LogP contribution in [0.5, 0.6) is 11.5 Å². The van der Waals surface area contributed by atoms with Crippen molar-refractivity contribution in [1.82, 2.24) is 35.5 Å². The third-order valence-corrected chi connectivity index (χ3v) is 11.4. The molecule has 0 unspecified atom stereocenters. The van der Waals surface area contributed by atoms with Crippen molar-refractivity contribution in [1.29, 1.82) is 0 Å². The third kappa shape index (κ3) is 6.17. The Hall–Kier alpha value is -5.62. The molecule has 2 saturated heterocycles. The van der Waals surface area contributed by atoms with Gasteiger partial charge in [0, 0.05) is 39.9 Å². The van der Waals surface area contributed by atoms with Gasteiger partial charge in [-0.1, -0.05) is 50.6 Å². The molecular formula is C42H45N7O5. The monoisotopic (exact) mass is 727 g/mol. The van der Waals surface area contributed by atoms with Crippen LogP contribution >= 0.6 is 0 Å². The number of carbonyl (C=O) groups is 2. The van der Waals surface area contributed by atoms with E-state index in [9.17, 15) is 9.59 Å². The summed E-state index contributed by atoms with van der Waals surface area (Å²) in [6, 6.07) is 16.8. The molecule has 5 atom stereocenters. The number of rotatable bonds is 9. The smallest absolute Gasteiger partial charge is 0.407 e. The molecule has 9 rings (SSSR count). The van der Waals surface area contributed by atoms with E-state index in [1.807, 2.05) is 47.6 Å². The molecule has 4 N–H and O–H groups in total. The second kappa shape index (κ2) is 14.0. The van der Waals surface area contributed by atoms with Gasteiger partial charge in [-0.25, -0.2) is 14.8 Å². The Kier molecular flexibility index (Phi) is 8.85. The molecule has 4 aliphatic rings. The Balaban J connectivity index is 0.969. The largest absolute Gasteiger partial charge is 0.488 e. The van der Waals surface area contributed by atoms with Gasteiger partial charge in [-0.15, -0.1) is 0 Å². The van der Waals surface area contributed by atoms with Crippen molar-refractivity contribution in [2.45, 2.75) is 70.9 Å². The lowest BCUT2D eigenvalue weighted by Crippen LogP contribution is -2.43. The molecule has 0 radical (unpaired) electrons. The van der Waals surface area contributed by atoms with E-state index < -0.39 is 12.1 Å². The number of methoxy groups -OCH3 is 1. The predicted molar refractivity (Wildman–Crippen MR) is 202 cm³/mol. The Morgan fingerprint density at radius 3 is 2.22 bits per heavy atom. The summed E-state index contributed by atoms with van der Waals surface area (Å²) in [4.78, 5) is 44.9. The van der Waals surface area contributed by atoms with Crippen LogP contribution < -0.4 is 20.1 Å². The highest BCUT2D eigenvalue weighted by Crippen LogP contribution is 2.51. The summed E-state index contributed by atoms with van der Waals surface area (Å²) >= 11 is 0. The molecule has 54 heavy (non-hydrogen) atoms. The molecule has 2 aromatic heterocycles. The number of imidazole rings is 2. The molecule has 12 nitrogen and oxygen atoms in total. The number of amides is 2. The minimum absolute atomic E-state index is 0.209. The van der Waals surface area contributed by atoms with Crippen molar-refractivity contribution in [2.24, 2.45) is 11.8 Å². The van der Waals surface area contributed by atoms with E-state index in [0.29, 0.717) is 37.1 Å². The Labute approximate surface area is 314 Å². The zero-order chi connectivity index (χ0) is 36.9. The number of nitrogens with zero attached hydrogens (tertiary/aromatic N) is 3. The van der Waals surface area contributed by atoms with Crippen molar-refractivity contribution in [3.8, 4) is 45.1 Å². The van der Waals surface area contributed by atoms with Crippen LogP contribution in [-0.2, 0) is 22.7 Å². The second-order valence-corrected chi connectivity index (χ2v) is 15.1. The first kappa shape index (κ1) is 34.2. The van der Waals surface area contributed by atoms with E-state index in [-0.39, 0.29) is 23.9 Å². The molecule has 4 aliphatic heterocycles. The van der Waals surface area contributed by atoms with Crippen molar-refractivity contribution in [3.05, 3.63) is 95.3 Å². The van der Waals surface area contributed by atoms with E-state index in [1.165, 1.54) is 20.0 Å². The van der Waals surface area contributed by atoms with Gasteiger partial charge in [0.1, 0.15) is 42.4 Å². The van der Waals surface area contributed by atoms with Gasteiger partial charge in [0.25, 0.3) is 5.91 Å². The third-order valence-electron chi connectivity index (χ3n) is 11.4. The van der Waals surface area contributed by atoms with Gasteiger partial charge in [0.05, 0.1) is 43.0 Å². The van der Waals surface area contributed by atoms with Crippen LogP contribution in [0.2, 0.25) is 0 Å². The van der Waals surface area contributed by atoms with Gasteiger partial charge >= 0.3 is 6.09 Å². The summed E-state index contributed by atoms with van der Waals surface area (Å²) in [5, 5.41) is 6.39. The van der Waals surface area contributed by atoms with E-state index in [2.05, 4.69) is 58.7 Å². The number of benzene rings is 3. The maximum Gasteiger partial charge on any atom is 0.407 e. The van der Waals surface area contributed by atoms with Crippen LogP contribution in [-0.4, -0.2) is 57.0 Å². The highest BCUT2D eigenvalue weighted by molar-refractivity contribution is 5.89. The summed E-state index contributed by atoms with van der Waals surface area (Å²) in [5.74, 6) is 4.09. The Morgan fingerprint density at radius 2 is 1.57 bits per heavy atom. The quantitative estimate of drug-likeness (QED) is 0.123. The fourth-order valence-electron chi connectivity index (χ4n) is 8.77. The first-order valence-electron chi connectivity index (χ1n) is 19.0. The molecule has 278 valence electrons. The summed E-state index contributed by atoms with van der Waals surface area (Å²) in [5.41, 5.74) is 8.73. The Bertz CT molecular complexity index is 2160. The number of H-pyrrole nitrogens is 2. The minimum atomic E-state index is -0.889. The first-order valence-corrected chi connectivity index (χ1v) is 19.0. The molecule has 2 fully saturated rings. The summed E-state index contributed by atoms with van der Waals surface area (Å²) in [6.07, 6.45) is 7.38. The lowest BCUT2D eigenvalue weighted by Gasteiger charge is -2.30. The van der Waals surface area contributed by atoms with E-state index >= 15 is 0 Å². The van der Waals surface area contributed by atoms with Crippen LogP contribution in [0.3, 0.4) is 0 Å². The molecule has 3 aromatic carbocycles. The highest BCUT2D eigenvalue weighted by Gasteiger charge is 2.40. The van der Waals surface area contributed by atoms with Gasteiger partial charge in [0.15, 0.2) is 0 Å². The maximum absolute atomic E-state index is 14.1. The topological polar surface area (TPSA) is 146 Å². The van der Waals surface area contributed by atoms with Crippen molar-refractivity contribution in [3.63, 3.8) is 0 Å². The predicted octanol–water partition coefficient (Wildman–Crippen LogP) is 7.38. The average Bonchev–Trinajstić information content (AvgIpc) is 4.03. The number of aromatic nitrogens is 4. The molecule has 0 bridgehead atoms. The van der Waals surface area contributed by atoms with Crippen LogP contribution in [0.1, 0.15) is 86.0 Å². The SMILES string of the molecule is CCC[C@@H]1CN[C@H](c2ncc(-c3cc4c5c(c3)OCc3cc(-c6cnc([C@@H]7C[C@H](C)CN7C(=O)[C@H](NC(=O)OC)c7ccccc7)[nH]6)cc(c3-5)OC4)[nH]2)C1. The number of alkyl carbamates (subject to hydrolysis) is 1. The van der Waals surface area contributed by atoms with Gasteiger partial charge < -0.3 is 39.7 Å². The minimum Gasteiger partial charge on any atom is -0.488 e. The number of aromatic amines is 2. The Morgan fingerprint density at radius 1 is 0.926 bits per heavy atom. The van der Waals surface area contributed by atoms with Gasteiger partial charge in [-0.05, 0) is 67.5 Å². The number of nitrogens with one attached hydrogen (secondary N) is 4. The second-order valence-electron chi connectivity index (χ2n) is 15.1. The fraction of sp³-hybridized carbons (Fsp3) is 0.381. The molecule has 5 aromatic rings. The zero-order valence-corrected chi connectivity index (χ0v) is 30.8. The van der Waals surface area contributed by atoms with E-state index in [4.69, 9.17) is 24.2 Å². The fourth-order valence-corrected chi connectivity index (χ4v) is 8.77. The maximum atomic E-state index is 14.1. The number of likely N-dealkylation sites (tertiary alicyclic amines) is 1. The van der Waals surface area contributed by atoms with Crippen molar-refractivity contribution in [2.75, 3.05) is 20.2 Å². The zero-order valence-electron chi connectivity index (χ0n) is 30.8. The number of hydrogen-bond donors (Lipinski definition) is 4. The first-order chi connectivity index (χ1) is 26.4. The summed E-state index contributed by atoms with van der Waals surface area (Å²) in [7, 11) is 1.29. The van der Waals surface area contributed by atoms with E-state index in [1.54, 1.807) is 0 Å². The van der Waals surface area contributed by atoms with Gasteiger partial charge in [-0.3, -0.25) is 4.79 Å². The summed E-state index contributed by atoms with van der Waals surface area (Å²) in [6.45, 7) is 6.79. The molecular weight excluding hydrogens is 683 g/mol. The van der Waals surface area contributed by atoms with Crippen molar-refractivity contribution < 1.29 is 23.8 Å². The highest BCUT2D eigenvalue weighted by atomic mass is 16.5. The number of hydrogen-bond acceptors (Lipinski definition) is 8. The molecule has 0 spiro atoms. The molecule has 0 aliphatic carbocycles. The van der Waals surface area contributed by atoms with Crippen LogP contribution in [0.15, 0.2) is 67.0 Å². The number of carbonyl (C=O) groups excluding carboxylic acids is 2. The molecule has 2 amide bonds. The lowest BCUT2D eigenvalue weighted by atomic mass is 9.87. The molecule has 6 heterocycles. The van der Waals surface area contributed by atoms with Gasteiger partial charge in [0.2, 0.25) is 0 Å². The molecule has 0 saturated carbocycles. The van der Waals surface area contributed by atoms with Crippen molar-refractivity contribution >= 4 is 12.0 Å². The van der Waals surface area contributed by atoms with Crippen LogP contribution in [0.4, 0.5) is 4.79 Å². The lowest BCUT2D eigenvalue weighted by molar-refractivity contribution is -0.134. The standard InChI is InChI=1S/C42H45N7O5/c1-4-8-24-12-30(43-17-24)39-44-18-31(46-39)26-13-28-21-54-35-16-27(14-29-22-53-34(15-26)36(28)37(29)35)32-19-45-40(47-32)33-11-23(2)20-49(33)41(50)38(48-42(51)52-3)25-9-6-5-7-10-25/h5-7,9-10,13-16,18-19,23-24,30,33,38,43H,4,8,11-12,17,20-22H2,1-3H3,(H,44,46)(H,45,47)(H,48,51)/t23-,24-,30-,33-,38+/m0/s1. The summed E-state index contributed by atoms with van der Waals surface area (Å²) < 4.78 is 17.8. The number of ether oxygens (including phenoxy) is 3. The molecule has 12 heteroatoms. The van der Waals surface area contributed by atoms with E-state index in [0.717, 1.165) is 81.5 Å². The van der Waals surface area contributed by atoms with Gasteiger partial charge in [-0.2, -0.15) is 0 Å². The van der Waals surface area contributed by atoms with Crippen LogP contribution in [0, 0.1) is 11.8 Å². The average molecular weight is 728 g/mol. The normalized spacial score (nSPS) is 21.6.